The van der Waals surface area contributed by atoms with E-state index < -0.39 is 27.1 Å². The molecule has 4 rings (SSSR count). The number of ether oxygens (including phenoxy) is 1. The number of nitrogens with zero attached hydrogens (tertiary/aromatic N) is 3. The number of carbonyl (C=O) groups is 1. The summed E-state index contributed by atoms with van der Waals surface area (Å²) in [4.78, 5) is 30.6. The Hall–Kier alpha value is -3.08. The van der Waals surface area contributed by atoms with Crippen molar-refractivity contribution < 1.29 is 26.7 Å². The van der Waals surface area contributed by atoms with Gasteiger partial charge < -0.3 is 4.74 Å². The summed E-state index contributed by atoms with van der Waals surface area (Å²) >= 11 is 0. The summed E-state index contributed by atoms with van der Waals surface area (Å²) in [6, 6.07) is 7.04. The van der Waals surface area contributed by atoms with Crippen molar-refractivity contribution in [2.75, 3.05) is 11.5 Å². The van der Waals surface area contributed by atoms with Crippen molar-refractivity contribution in [3.63, 3.8) is 0 Å². The Kier molecular flexibility index (Phi) is 5.66. The van der Waals surface area contributed by atoms with E-state index >= 15 is 0 Å². The lowest BCUT2D eigenvalue weighted by Crippen LogP contribution is -2.47. The second-order valence-corrected chi connectivity index (χ2v) is 11.6. The van der Waals surface area contributed by atoms with Gasteiger partial charge in [0.25, 0.3) is 0 Å². The maximum absolute atomic E-state index is 13.3. The molecule has 1 aromatic carbocycles. The number of Topliss-reactive ketones (excluding diaryl/α,β-unsaturated/α-hetero) is 1. The van der Waals surface area contributed by atoms with Gasteiger partial charge in [-0.05, 0) is 32.0 Å². The molecule has 1 aliphatic heterocycles. The summed E-state index contributed by atoms with van der Waals surface area (Å²) in [6.45, 7) is 5.98. The maximum Gasteiger partial charge on any atom is 0.394 e. The molecule has 0 saturated carbocycles. The topological polar surface area (TPSA) is 100 Å². The molecule has 11 heteroatoms. The molecule has 1 fully saturated rings. The van der Waals surface area contributed by atoms with Gasteiger partial charge in [0.05, 0.1) is 22.7 Å². The van der Waals surface area contributed by atoms with E-state index in [2.05, 4.69) is 9.72 Å². The van der Waals surface area contributed by atoms with Crippen LogP contribution in [0.5, 0.6) is 5.75 Å². The Labute approximate surface area is 195 Å². The highest BCUT2D eigenvalue weighted by Gasteiger charge is 2.45. The largest absolute Gasteiger partial charge is 0.433 e. The van der Waals surface area contributed by atoms with E-state index in [0.717, 1.165) is 0 Å². The van der Waals surface area contributed by atoms with Crippen molar-refractivity contribution in [3.8, 4) is 11.4 Å². The monoisotopic (exact) mass is 493 g/mol. The summed E-state index contributed by atoms with van der Waals surface area (Å²) in [6.07, 6.45) is -1.99. The summed E-state index contributed by atoms with van der Waals surface area (Å²) < 4.78 is 57.2. The van der Waals surface area contributed by atoms with E-state index in [-0.39, 0.29) is 52.4 Å². The minimum Gasteiger partial charge on any atom is -0.433 e. The molecule has 1 saturated heterocycles. The number of halogens is 2. The molecule has 3 aromatic rings. The average Bonchev–Trinajstić information content (AvgIpc) is 2.95. The van der Waals surface area contributed by atoms with Gasteiger partial charge in [-0.15, -0.1) is 0 Å². The number of rotatable bonds is 7. The molecule has 0 bridgehead atoms. The molecule has 182 valence electrons. The Morgan fingerprint density at radius 1 is 1.26 bits per heavy atom. The second kappa shape index (κ2) is 8.00. The number of imidazole rings is 1. The first-order valence-electron chi connectivity index (χ1n) is 10.7. The Balaban J connectivity index is 1.78. The van der Waals surface area contributed by atoms with Crippen LogP contribution in [-0.4, -0.2) is 45.9 Å². The van der Waals surface area contributed by atoms with Gasteiger partial charge in [0, 0.05) is 42.6 Å². The number of hydrogen-bond donors (Lipinski definition) is 0. The van der Waals surface area contributed by atoms with Crippen molar-refractivity contribution in [2.45, 2.75) is 46.3 Å². The number of benzene rings is 1. The van der Waals surface area contributed by atoms with Crippen molar-refractivity contribution in [1.29, 1.82) is 0 Å². The molecule has 0 amide bonds. The molecule has 1 aliphatic rings. The number of ketones is 1. The fraction of sp³-hybridized carbons (Fsp3) is 0.435. The fourth-order valence-electron chi connectivity index (χ4n) is 4.49. The van der Waals surface area contributed by atoms with Gasteiger partial charge in [-0.1, -0.05) is 13.0 Å². The van der Waals surface area contributed by atoms with Crippen molar-refractivity contribution in [2.24, 2.45) is 5.41 Å². The molecule has 0 N–H and O–H groups in total. The molecule has 34 heavy (non-hydrogen) atoms. The van der Waals surface area contributed by atoms with E-state index in [1.807, 2.05) is 0 Å². The van der Waals surface area contributed by atoms with Gasteiger partial charge >= 0.3 is 11.8 Å². The van der Waals surface area contributed by atoms with Crippen LogP contribution in [0.25, 0.3) is 16.9 Å². The number of alkyl halides is 2. The lowest BCUT2D eigenvalue weighted by molar-refractivity contribution is -0.158. The molecule has 2 aromatic heterocycles. The van der Waals surface area contributed by atoms with E-state index in [1.54, 1.807) is 32.9 Å². The zero-order chi connectivity index (χ0) is 25.1. The average molecular weight is 494 g/mol. The van der Waals surface area contributed by atoms with Crippen LogP contribution < -0.4 is 10.4 Å². The van der Waals surface area contributed by atoms with Gasteiger partial charge in [-0.2, -0.15) is 8.78 Å². The third-order valence-corrected chi connectivity index (χ3v) is 7.92. The molecule has 0 aliphatic carbocycles. The minimum absolute atomic E-state index is 0.0380. The van der Waals surface area contributed by atoms with Crippen molar-refractivity contribution in [1.82, 2.24) is 14.1 Å². The van der Waals surface area contributed by atoms with Crippen LogP contribution >= 0.6 is 0 Å². The van der Waals surface area contributed by atoms with Crippen LogP contribution in [0.1, 0.15) is 50.5 Å². The van der Waals surface area contributed by atoms with Gasteiger partial charge in [0.15, 0.2) is 21.3 Å². The highest BCUT2D eigenvalue weighted by Crippen LogP contribution is 2.37. The zero-order valence-electron chi connectivity index (χ0n) is 19.2. The smallest absolute Gasteiger partial charge is 0.394 e. The first-order valence-corrected chi connectivity index (χ1v) is 12.5. The van der Waals surface area contributed by atoms with Gasteiger partial charge in [-0.3, -0.25) is 9.36 Å². The predicted molar refractivity (Wildman–Crippen MR) is 123 cm³/mol. The molecule has 0 radical (unpaired) electrons. The third-order valence-electron chi connectivity index (χ3n) is 5.65. The number of pyridine rings is 1. The van der Waals surface area contributed by atoms with Gasteiger partial charge in [-0.25, -0.2) is 22.8 Å². The highest BCUT2D eigenvalue weighted by atomic mass is 32.2. The maximum atomic E-state index is 13.3. The quantitative estimate of drug-likeness (QED) is 0.465. The van der Waals surface area contributed by atoms with Crippen LogP contribution in [0.4, 0.5) is 8.78 Å². The van der Waals surface area contributed by atoms with E-state index in [9.17, 15) is 26.8 Å². The SMILES string of the molecule is CC(C)n1c(=O)n(-c2cccc(OC(C)(F)F)c2)c2ncc(C(=O)CC3(C)CS(=O)(=O)C3)cc21. The van der Waals surface area contributed by atoms with Crippen LogP contribution in [0.15, 0.2) is 41.3 Å². The lowest BCUT2D eigenvalue weighted by Gasteiger charge is -2.37. The Bertz CT molecular complexity index is 1440. The van der Waals surface area contributed by atoms with Gasteiger partial charge in [0.2, 0.25) is 0 Å². The summed E-state index contributed by atoms with van der Waals surface area (Å²) in [5, 5.41) is 0. The van der Waals surface area contributed by atoms with E-state index in [1.165, 1.54) is 33.5 Å². The molecule has 0 spiro atoms. The van der Waals surface area contributed by atoms with Crippen molar-refractivity contribution in [3.05, 3.63) is 52.6 Å². The highest BCUT2D eigenvalue weighted by molar-refractivity contribution is 7.92. The van der Waals surface area contributed by atoms with Crippen LogP contribution in [-0.2, 0) is 9.84 Å². The number of sulfone groups is 1. The van der Waals surface area contributed by atoms with Crippen LogP contribution in [0, 0.1) is 5.41 Å². The number of carbonyl (C=O) groups excluding carboxylic acids is 1. The molecule has 0 atom stereocenters. The normalized spacial score (nSPS) is 17.0. The first kappa shape index (κ1) is 24.1. The fourth-order valence-corrected chi connectivity index (χ4v) is 6.73. The zero-order valence-corrected chi connectivity index (χ0v) is 20.0. The molecule has 3 heterocycles. The van der Waals surface area contributed by atoms with E-state index in [4.69, 9.17) is 0 Å². The van der Waals surface area contributed by atoms with Crippen LogP contribution in [0.3, 0.4) is 0 Å². The molecule has 8 nitrogen and oxygen atoms in total. The van der Waals surface area contributed by atoms with E-state index in [0.29, 0.717) is 12.4 Å². The molecular formula is C23H25F2N3O5S. The number of fused-ring (bicyclic) bond motifs is 1. The summed E-state index contributed by atoms with van der Waals surface area (Å²) in [7, 11) is -3.09. The number of aromatic nitrogens is 3. The third kappa shape index (κ3) is 4.61. The predicted octanol–water partition coefficient (Wildman–Crippen LogP) is 3.77. The van der Waals surface area contributed by atoms with Gasteiger partial charge in [0.1, 0.15) is 5.75 Å². The first-order chi connectivity index (χ1) is 15.7. The summed E-state index contributed by atoms with van der Waals surface area (Å²) in [5.41, 5.74) is 0.162. The lowest BCUT2D eigenvalue weighted by atomic mass is 9.86. The molecule has 0 unspecified atom stereocenters. The summed E-state index contributed by atoms with van der Waals surface area (Å²) in [5.74, 6) is -0.450. The minimum atomic E-state index is -3.39. The standard InChI is InChI=1S/C23H25F2N3O5S/c1-14(2)27-18-8-15(19(29)10-22(3)12-34(31,32)13-22)11-26-20(18)28(21(27)30)16-6-5-7-17(9-16)33-23(4,24)25/h5-9,11,14H,10,12-13H2,1-4H3. The van der Waals surface area contributed by atoms with Crippen LogP contribution in [0.2, 0.25) is 0 Å². The number of hydrogen-bond acceptors (Lipinski definition) is 6. The Morgan fingerprint density at radius 3 is 2.53 bits per heavy atom. The second-order valence-electron chi connectivity index (χ2n) is 9.50. The van der Waals surface area contributed by atoms with Crippen molar-refractivity contribution >= 4 is 26.8 Å². The Morgan fingerprint density at radius 2 is 1.94 bits per heavy atom. The molecular weight excluding hydrogens is 468 g/mol.